The summed E-state index contributed by atoms with van der Waals surface area (Å²) < 4.78 is 6.05. The van der Waals surface area contributed by atoms with E-state index in [2.05, 4.69) is 40.7 Å². The molecule has 2 aromatic carbocycles. The molecule has 0 bridgehead atoms. The van der Waals surface area contributed by atoms with Gasteiger partial charge in [0.25, 0.3) is 5.91 Å². The van der Waals surface area contributed by atoms with Crippen LogP contribution in [-0.4, -0.2) is 24.9 Å². The minimum absolute atomic E-state index is 0.0885. The summed E-state index contributed by atoms with van der Waals surface area (Å²) in [5, 5.41) is 6.18. The number of rotatable bonds is 6. The van der Waals surface area contributed by atoms with Gasteiger partial charge in [-0.25, -0.2) is 0 Å². The molecule has 0 radical (unpaired) electrons. The summed E-state index contributed by atoms with van der Waals surface area (Å²) in [5.74, 6) is 1.35. The van der Waals surface area contributed by atoms with Gasteiger partial charge in [0.05, 0.1) is 6.42 Å². The number of piperidine rings is 1. The maximum atomic E-state index is 13.4. The Hall–Kier alpha value is -3.80. The minimum atomic E-state index is -0.398. The molecule has 2 aliphatic rings. The number of nitrogens with zero attached hydrogens (tertiary/aromatic N) is 1. The molecule has 2 amide bonds. The number of benzene rings is 2. The van der Waals surface area contributed by atoms with Crippen LogP contribution in [0.2, 0.25) is 0 Å². The Kier molecular flexibility index (Phi) is 6.92. The van der Waals surface area contributed by atoms with Crippen molar-refractivity contribution in [3.05, 3.63) is 87.9 Å². The maximum Gasteiger partial charge on any atom is 0.256 e. The Morgan fingerprint density at radius 1 is 1.03 bits per heavy atom. The van der Waals surface area contributed by atoms with Crippen LogP contribution < -0.4 is 15.5 Å². The molecular formula is C31H35N3O3. The highest BCUT2D eigenvalue weighted by Crippen LogP contribution is 2.36. The predicted octanol–water partition coefficient (Wildman–Crippen LogP) is 6.08. The third-order valence-electron chi connectivity index (χ3n) is 7.24. The van der Waals surface area contributed by atoms with Gasteiger partial charge in [0.2, 0.25) is 5.91 Å². The molecule has 6 nitrogen and oxygen atoms in total. The summed E-state index contributed by atoms with van der Waals surface area (Å²) >= 11 is 0. The van der Waals surface area contributed by atoms with E-state index in [4.69, 9.17) is 4.42 Å². The molecule has 3 heterocycles. The first kappa shape index (κ1) is 24.9. The first-order chi connectivity index (χ1) is 17.8. The zero-order valence-corrected chi connectivity index (χ0v) is 22.1. The number of carbonyl (C=O) groups is 2. The highest BCUT2D eigenvalue weighted by molar-refractivity contribution is 6.32. The van der Waals surface area contributed by atoms with E-state index in [9.17, 15) is 9.59 Å². The van der Waals surface area contributed by atoms with E-state index in [0.717, 1.165) is 58.2 Å². The lowest BCUT2D eigenvalue weighted by Gasteiger charge is -2.32. The SMILES string of the molecule is CC(C)=C1C(=O)Nc2ccc(CC(=O)NC(c3ccc(C)o3)c3ccc(C)cc3N3CCCCC3)cc21. The Morgan fingerprint density at radius 3 is 2.51 bits per heavy atom. The first-order valence-corrected chi connectivity index (χ1v) is 13.1. The highest BCUT2D eigenvalue weighted by Gasteiger charge is 2.28. The molecule has 2 aliphatic heterocycles. The third kappa shape index (κ3) is 5.19. The van der Waals surface area contributed by atoms with Crippen molar-refractivity contribution in [3.63, 3.8) is 0 Å². The van der Waals surface area contributed by atoms with Gasteiger partial charge in [0.1, 0.15) is 17.6 Å². The van der Waals surface area contributed by atoms with Crippen LogP contribution in [0, 0.1) is 13.8 Å². The van der Waals surface area contributed by atoms with E-state index in [1.165, 1.54) is 24.8 Å². The molecule has 1 atom stereocenters. The summed E-state index contributed by atoms with van der Waals surface area (Å²) in [7, 11) is 0. The van der Waals surface area contributed by atoms with Crippen LogP contribution in [0.25, 0.3) is 5.57 Å². The molecule has 5 rings (SSSR count). The molecule has 1 unspecified atom stereocenters. The van der Waals surface area contributed by atoms with Crippen LogP contribution in [0.1, 0.15) is 72.9 Å². The van der Waals surface area contributed by atoms with Gasteiger partial charge in [-0.1, -0.05) is 23.8 Å². The molecule has 1 aromatic heterocycles. The van der Waals surface area contributed by atoms with Crippen LogP contribution in [0.5, 0.6) is 0 Å². The lowest BCUT2D eigenvalue weighted by Crippen LogP contribution is -2.34. The molecular weight excluding hydrogens is 462 g/mol. The zero-order valence-electron chi connectivity index (χ0n) is 22.1. The van der Waals surface area contributed by atoms with Crippen LogP contribution >= 0.6 is 0 Å². The van der Waals surface area contributed by atoms with Crippen molar-refractivity contribution in [2.45, 2.75) is 59.4 Å². The Bertz CT molecular complexity index is 1370. The molecule has 2 N–H and O–H groups in total. The molecule has 1 saturated heterocycles. The van der Waals surface area contributed by atoms with E-state index in [0.29, 0.717) is 5.57 Å². The third-order valence-corrected chi connectivity index (χ3v) is 7.24. The van der Waals surface area contributed by atoms with E-state index < -0.39 is 6.04 Å². The van der Waals surface area contributed by atoms with Crippen LogP contribution in [-0.2, 0) is 16.0 Å². The summed E-state index contributed by atoms with van der Waals surface area (Å²) in [6, 6.07) is 15.7. The van der Waals surface area contributed by atoms with E-state index in [1.807, 2.05) is 51.1 Å². The molecule has 6 heteroatoms. The van der Waals surface area contributed by atoms with Crippen LogP contribution in [0.4, 0.5) is 11.4 Å². The molecule has 192 valence electrons. The molecule has 37 heavy (non-hydrogen) atoms. The quantitative estimate of drug-likeness (QED) is 0.405. The standard InChI is InChI=1S/C31H35N3O3/c1-19(2)29-24-17-22(10-12-25(24)32-31(29)36)18-28(35)33-30(27-13-9-21(4)37-27)23-11-8-20(3)16-26(23)34-14-6-5-7-15-34/h8-13,16-17,30H,5-7,14-15,18H2,1-4H3,(H,32,36)(H,33,35). The second-order valence-electron chi connectivity index (χ2n) is 10.4. The fraction of sp³-hybridized carbons (Fsp3) is 0.355. The number of furan rings is 1. The van der Waals surface area contributed by atoms with Crippen molar-refractivity contribution < 1.29 is 14.0 Å². The lowest BCUT2D eigenvalue weighted by molar-refractivity contribution is -0.121. The van der Waals surface area contributed by atoms with Crippen LogP contribution in [0.15, 0.2) is 58.5 Å². The molecule has 0 aliphatic carbocycles. The molecule has 1 fully saturated rings. The molecule has 0 saturated carbocycles. The van der Waals surface area contributed by atoms with E-state index >= 15 is 0 Å². The van der Waals surface area contributed by atoms with Gasteiger partial charge in [-0.05, 0) is 88.4 Å². The summed E-state index contributed by atoms with van der Waals surface area (Å²) in [4.78, 5) is 28.3. The summed E-state index contributed by atoms with van der Waals surface area (Å²) in [6.45, 7) is 9.92. The number of hydrogen-bond acceptors (Lipinski definition) is 4. The Labute approximate surface area is 218 Å². The zero-order chi connectivity index (χ0) is 26.1. The number of fused-ring (bicyclic) bond motifs is 1. The van der Waals surface area contributed by atoms with E-state index in [1.54, 1.807) is 0 Å². The fourth-order valence-electron chi connectivity index (χ4n) is 5.44. The number of hydrogen-bond donors (Lipinski definition) is 2. The monoisotopic (exact) mass is 497 g/mol. The molecule has 0 spiro atoms. The number of nitrogens with one attached hydrogen (secondary N) is 2. The van der Waals surface area contributed by atoms with Gasteiger partial charge < -0.3 is 20.0 Å². The Morgan fingerprint density at radius 2 is 1.81 bits per heavy atom. The van der Waals surface area contributed by atoms with Crippen molar-refractivity contribution >= 4 is 28.8 Å². The van der Waals surface area contributed by atoms with Gasteiger partial charge in [-0.2, -0.15) is 0 Å². The second-order valence-corrected chi connectivity index (χ2v) is 10.4. The number of allylic oxidation sites excluding steroid dienone is 1. The minimum Gasteiger partial charge on any atom is -0.464 e. The smallest absolute Gasteiger partial charge is 0.256 e. The van der Waals surface area contributed by atoms with E-state index in [-0.39, 0.29) is 18.2 Å². The van der Waals surface area contributed by atoms with Crippen molar-refractivity contribution in [2.75, 3.05) is 23.3 Å². The van der Waals surface area contributed by atoms with Crippen molar-refractivity contribution in [1.82, 2.24) is 5.32 Å². The fourth-order valence-corrected chi connectivity index (χ4v) is 5.44. The van der Waals surface area contributed by atoms with Gasteiger partial charge in [0.15, 0.2) is 0 Å². The van der Waals surface area contributed by atoms with Crippen molar-refractivity contribution in [2.24, 2.45) is 0 Å². The largest absolute Gasteiger partial charge is 0.464 e. The highest BCUT2D eigenvalue weighted by atomic mass is 16.3. The van der Waals surface area contributed by atoms with Gasteiger partial charge in [-0.3, -0.25) is 9.59 Å². The maximum absolute atomic E-state index is 13.4. The van der Waals surface area contributed by atoms with Gasteiger partial charge in [-0.15, -0.1) is 0 Å². The first-order valence-electron chi connectivity index (χ1n) is 13.1. The van der Waals surface area contributed by atoms with Gasteiger partial charge >= 0.3 is 0 Å². The normalized spacial score (nSPS) is 15.8. The summed E-state index contributed by atoms with van der Waals surface area (Å²) in [5.41, 5.74) is 7.56. The van der Waals surface area contributed by atoms with Crippen LogP contribution in [0.3, 0.4) is 0 Å². The molecule has 3 aromatic rings. The van der Waals surface area contributed by atoms with Crippen molar-refractivity contribution in [3.8, 4) is 0 Å². The Balaban J connectivity index is 1.45. The number of carbonyl (C=O) groups excluding carboxylic acids is 2. The number of aryl methyl sites for hydroxylation is 2. The topological polar surface area (TPSA) is 74.6 Å². The summed E-state index contributed by atoms with van der Waals surface area (Å²) in [6.07, 6.45) is 3.81. The average Bonchev–Trinajstić information content (AvgIpc) is 3.45. The number of anilines is 2. The van der Waals surface area contributed by atoms with Gasteiger partial charge in [0, 0.05) is 41.2 Å². The van der Waals surface area contributed by atoms with Crippen molar-refractivity contribution in [1.29, 1.82) is 0 Å². The predicted molar refractivity (Wildman–Crippen MR) is 148 cm³/mol. The number of amides is 2. The average molecular weight is 498 g/mol. The lowest BCUT2D eigenvalue weighted by atomic mass is 9.97. The second kappa shape index (κ2) is 10.3.